The van der Waals surface area contributed by atoms with E-state index in [1.807, 2.05) is 60.7 Å². The van der Waals surface area contributed by atoms with E-state index in [1.54, 1.807) is 22.9 Å². The molecule has 1 aromatic heterocycles. The van der Waals surface area contributed by atoms with Gasteiger partial charge in [0.1, 0.15) is 6.54 Å². The molecule has 4 nitrogen and oxygen atoms in total. The molecular weight excluding hydrogens is 346 g/mol. The summed E-state index contributed by atoms with van der Waals surface area (Å²) in [5, 5.41) is 6.95. The van der Waals surface area contributed by atoms with Crippen LogP contribution in [0.1, 0.15) is 10.4 Å². The lowest BCUT2D eigenvalue weighted by Crippen LogP contribution is -2.23. The van der Waals surface area contributed by atoms with E-state index in [-0.39, 0.29) is 12.5 Å². The highest BCUT2D eigenvalue weighted by atomic mass is 35.5. The third kappa shape index (κ3) is 3.07. The lowest BCUT2D eigenvalue weighted by atomic mass is 10.2. The SMILES string of the molecule is O=C(CN/N=C/c1ccc(Cl)cc1)n1c2ccccc2c2ccccc21. The van der Waals surface area contributed by atoms with Crippen LogP contribution >= 0.6 is 11.6 Å². The Balaban J connectivity index is 1.57. The number of carbonyl (C=O) groups is 1. The van der Waals surface area contributed by atoms with Crippen LogP contribution in [0.15, 0.2) is 77.9 Å². The van der Waals surface area contributed by atoms with Gasteiger partial charge in [0.15, 0.2) is 0 Å². The molecule has 0 amide bonds. The quantitative estimate of drug-likeness (QED) is 0.422. The summed E-state index contributed by atoms with van der Waals surface area (Å²) in [6.45, 7) is 0.104. The lowest BCUT2D eigenvalue weighted by molar-refractivity contribution is 0.0923. The first-order valence-electron chi connectivity index (χ1n) is 8.27. The fourth-order valence-electron chi connectivity index (χ4n) is 3.05. The molecule has 0 radical (unpaired) electrons. The van der Waals surface area contributed by atoms with Crippen LogP contribution in [0.25, 0.3) is 21.8 Å². The number of hydrogen-bond acceptors (Lipinski definition) is 3. The van der Waals surface area contributed by atoms with E-state index in [0.717, 1.165) is 27.4 Å². The Kier molecular flexibility index (Phi) is 4.42. The number of aromatic nitrogens is 1. The number of nitrogens with one attached hydrogen (secondary N) is 1. The summed E-state index contributed by atoms with van der Waals surface area (Å²) < 4.78 is 1.75. The summed E-state index contributed by atoms with van der Waals surface area (Å²) in [4.78, 5) is 12.8. The fourth-order valence-corrected chi connectivity index (χ4v) is 3.18. The molecule has 0 aliphatic heterocycles. The van der Waals surface area contributed by atoms with Crippen LogP contribution < -0.4 is 5.43 Å². The first kappa shape index (κ1) is 16.4. The van der Waals surface area contributed by atoms with Gasteiger partial charge in [0.05, 0.1) is 17.2 Å². The maximum absolute atomic E-state index is 12.8. The van der Waals surface area contributed by atoms with E-state index >= 15 is 0 Å². The zero-order valence-electron chi connectivity index (χ0n) is 13.9. The Morgan fingerprint density at radius 1 is 0.923 bits per heavy atom. The first-order valence-corrected chi connectivity index (χ1v) is 8.65. The molecule has 1 N–H and O–H groups in total. The number of hydrazone groups is 1. The number of para-hydroxylation sites is 2. The summed E-state index contributed by atoms with van der Waals surface area (Å²) in [5.74, 6) is -0.0596. The zero-order valence-corrected chi connectivity index (χ0v) is 14.6. The van der Waals surface area contributed by atoms with Crippen molar-refractivity contribution in [2.75, 3.05) is 6.54 Å². The van der Waals surface area contributed by atoms with Crippen LogP contribution in [0.3, 0.4) is 0 Å². The van der Waals surface area contributed by atoms with Crippen LogP contribution in [-0.4, -0.2) is 23.2 Å². The molecule has 0 aliphatic carbocycles. The summed E-state index contributed by atoms with van der Waals surface area (Å²) >= 11 is 5.86. The van der Waals surface area contributed by atoms with Crippen molar-refractivity contribution in [1.29, 1.82) is 0 Å². The van der Waals surface area contributed by atoms with Crippen molar-refractivity contribution in [3.8, 4) is 0 Å². The number of rotatable bonds is 4. The van der Waals surface area contributed by atoms with Gasteiger partial charge in [-0.1, -0.05) is 60.1 Å². The van der Waals surface area contributed by atoms with Gasteiger partial charge in [-0.15, -0.1) is 0 Å². The molecule has 0 atom stereocenters. The highest BCUT2D eigenvalue weighted by Gasteiger charge is 2.14. The van der Waals surface area contributed by atoms with Crippen molar-refractivity contribution in [3.63, 3.8) is 0 Å². The fraction of sp³-hybridized carbons (Fsp3) is 0.0476. The molecule has 0 bridgehead atoms. The second-order valence-electron chi connectivity index (χ2n) is 5.91. The highest BCUT2D eigenvalue weighted by Crippen LogP contribution is 2.28. The van der Waals surface area contributed by atoms with Crippen molar-refractivity contribution in [2.45, 2.75) is 0 Å². The van der Waals surface area contributed by atoms with E-state index in [1.165, 1.54) is 0 Å². The molecule has 0 saturated carbocycles. The van der Waals surface area contributed by atoms with Crippen molar-refractivity contribution >= 4 is 45.5 Å². The number of carbonyl (C=O) groups excluding carboxylic acids is 1. The van der Waals surface area contributed by atoms with E-state index in [4.69, 9.17) is 11.6 Å². The molecule has 1 heterocycles. The topological polar surface area (TPSA) is 46.4 Å². The molecule has 0 saturated heterocycles. The molecule has 3 aromatic carbocycles. The standard InChI is InChI=1S/C21H16ClN3O/c22-16-11-9-15(10-12-16)13-23-24-14-21(26)25-19-7-3-1-5-17(19)18-6-2-4-8-20(18)25/h1-13,24H,14H2/b23-13+. The van der Waals surface area contributed by atoms with Gasteiger partial charge in [-0.2, -0.15) is 5.10 Å². The molecule has 26 heavy (non-hydrogen) atoms. The predicted octanol–water partition coefficient (Wildman–Crippen LogP) is 4.71. The number of hydrogen-bond donors (Lipinski definition) is 1. The number of benzene rings is 3. The van der Waals surface area contributed by atoms with Gasteiger partial charge >= 0.3 is 0 Å². The molecule has 0 spiro atoms. The van der Waals surface area contributed by atoms with Crippen molar-refractivity contribution in [3.05, 3.63) is 83.4 Å². The molecule has 4 aromatic rings. The number of nitrogens with zero attached hydrogens (tertiary/aromatic N) is 2. The molecule has 0 unspecified atom stereocenters. The van der Waals surface area contributed by atoms with Crippen molar-refractivity contribution in [1.82, 2.24) is 9.99 Å². The molecule has 0 fully saturated rings. The molecule has 4 rings (SSSR count). The zero-order chi connectivity index (χ0) is 17.9. The third-order valence-corrected chi connectivity index (χ3v) is 4.49. The van der Waals surface area contributed by atoms with Gasteiger partial charge in [0, 0.05) is 15.8 Å². The second-order valence-corrected chi connectivity index (χ2v) is 6.34. The summed E-state index contributed by atoms with van der Waals surface area (Å²) in [6, 6.07) is 23.2. The average Bonchev–Trinajstić information content (AvgIpc) is 3.01. The van der Waals surface area contributed by atoms with Crippen LogP contribution in [-0.2, 0) is 0 Å². The van der Waals surface area contributed by atoms with Crippen LogP contribution in [0.4, 0.5) is 0 Å². The van der Waals surface area contributed by atoms with Gasteiger partial charge < -0.3 is 5.43 Å². The van der Waals surface area contributed by atoms with Crippen LogP contribution in [0.2, 0.25) is 5.02 Å². The Morgan fingerprint density at radius 2 is 1.50 bits per heavy atom. The smallest absolute Gasteiger partial charge is 0.252 e. The van der Waals surface area contributed by atoms with Gasteiger partial charge in [-0.25, -0.2) is 0 Å². The molecule has 0 aliphatic rings. The Hall–Kier alpha value is -3.11. The summed E-state index contributed by atoms with van der Waals surface area (Å²) in [5.41, 5.74) is 5.55. The predicted molar refractivity (Wildman–Crippen MR) is 107 cm³/mol. The largest absolute Gasteiger partial charge is 0.301 e. The minimum absolute atomic E-state index is 0.0596. The molecular formula is C21H16ClN3O. The number of halogens is 1. The monoisotopic (exact) mass is 361 g/mol. The van der Waals surface area contributed by atoms with Gasteiger partial charge in [0.25, 0.3) is 5.91 Å². The van der Waals surface area contributed by atoms with Gasteiger partial charge in [0.2, 0.25) is 0 Å². The Morgan fingerprint density at radius 3 is 2.12 bits per heavy atom. The highest BCUT2D eigenvalue weighted by molar-refractivity contribution is 6.30. The van der Waals surface area contributed by atoms with Crippen LogP contribution in [0, 0.1) is 0 Å². The summed E-state index contributed by atoms with van der Waals surface area (Å²) in [7, 11) is 0. The maximum Gasteiger partial charge on any atom is 0.252 e. The van der Waals surface area contributed by atoms with Crippen LogP contribution in [0.5, 0.6) is 0 Å². The van der Waals surface area contributed by atoms with Crippen molar-refractivity contribution < 1.29 is 4.79 Å². The van der Waals surface area contributed by atoms with E-state index in [9.17, 15) is 4.79 Å². The Bertz CT molecular complexity index is 1060. The first-order chi connectivity index (χ1) is 12.7. The van der Waals surface area contributed by atoms with E-state index in [0.29, 0.717) is 5.02 Å². The lowest BCUT2D eigenvalue weighted by Gasteiger charge is -2.05. The summed E-state index contributed by atoms with van der Waals surface area (Å²) in [6.07, 6.45) is 1.66. The molecule has 5 heteroatoms. The van der Waals surface area contributed by atoms with Gasteiger partial charge in [-0.3, -0.25) is 9.36 Å². The average molecular weight is 362 g/mol. The minimum Gasteiger partial charge on any atom is -0.301 e. The van der Waals surface area contributed by atoms with E-state index in [2.05, 4.69) is 10.5 Å². The van der Waals surface area contributed by atoms with Gasteiger partial charge in [-0.05, 0) is 29.8 Å². The second kappa shape index (κ2) is 7.02. The number of fused-ring (bicyclic) bond motifs is 3. The van der Waals surface area contributed by atoms with E-state index < -0.39 is 0 Å². The minimum atomic E-state index is -0.0596. The Labute approximate surface area is 155 Å². The maximum atomic E-state index is 12.8. The normalized spacial score (nSPS) is 11.4. The third-order valence-electron chi connectivity index (χ3n) is 4.23. The van der Waals surface area contributed by atoms with Crippen molar-refractivity contribution in [2.24, 2.45) is 5.10 Å². The molecule has 128 valence electrons.